The molecule has 10 nitrogen and oxygen atoms in total. The molecule has 1 heterocycles. The summed E-state index contributed by atoms with van der Waals surface area (Å²) in [5.74, 6) is 0. The van der Waals surface area contributed by atoms with E-state index in [0.29, 0.717) is 26.7 Å². The molecule has 0 saturated heterocycles. The van der Waals surface area contributed by atoms with Crippen LogP contribution in [0, 0.1) is 0 Å². The predicted octanol–water partition coefficient (Wildman–Crippen LogP) is 1.90. The van der Waals surface area contributed by atoms with E-state index in [1.165, 1.54) is 0 Å². The molecule has 1 rings (SSSR count). The van der Waals surface area contributed by atoms with Gasteiger partial charge in [-0.3, -0.25) is 31.5 Å². The smallest absolute Gasteiger partial charge is 0.0862 e. The van der Waals surface area contributed by atoms with E-state index in [2.05, 4.69) is 65.8 Å². The van der Waals surface area contributed by atoms with Crippen molar-refractivity contribution in [3.05, 3.63) is 0 Å². The number of nitrogens with one attached hydrogen (secondary N) is 4. The molecule has 1 aliphatic rings. The van der Waals surface area contributed by atoms with Crippen molar-refractivity contribution >= 4 is 22.8 Å². The van der Waals surface area contributed by atoms with Gasteiger partial charge in [-0.05, 0) is 40.5 Å². The number of nitrogens with zero attached hydrogens (tertiary/aromatic N) is 6. The minimum atomic E-state index is 0.638. The summed E-state index contributed by atoms with van der Waals surface area (Å²) in [6.07, 6.45) is 4.53. The average molecular weight is 423 g/mol. The molecule has 1 aliphatic heterocycles. The van der Waals surface area contributed by atoms with Gasteiger partial charge in [0.15, 0.2) is 0 Å². The average Bonchev–Trinajstić information content (AvgIpc) is 2.73. The van der Waals surface area contributed by atoms with Gasteiger partial charge in [-0.1, -0.05) is 26.7 Å². The third-order valence-electron chi connectivity index (χ3n) is 4.87. The van der Waals surface area contributed by atoms with Crippen LogP contribution in [-0.2, 0) is 0 Å². The van der Waals surface area contributed by atoms with Crippen molar-refractivity contribution in [3.63, 3.8) is 0 Å². The molecule has 0 spiro atoms. The molecule has 0 saturated carbocycles. The molecule has 0 amide bonds. The number of hydrogen-bond donors (Lipinski definition) is 4. The molecule has 0 aromatic heterocycles. The zero-order valence-electron chi connectivity index (χ0n) is 19.8. The topological polar surface area (TPSA) is 104 Å². The van der Waals surface area contributed by atoms with Crippen LogP contribution in [0.15, 0.2) is 20.4 Å². The Kier molecular flexibility index (Phi) is 13.4. The zero-order chi connectivity index (χ0) is 22.2. The van der Waals surface area contributed by atoms with Crippen molar-refractivity contribution in [1.82, 2.24) is 31.5 Å². The molecule has 0 fully saturated rings. The third kappa shape index (κ3) is 11.1. The predicted molar refractivity (Wildman–Crippen MR) is 128 cm³/mol. The first kappa shape index (κ1) is 25.8. The molecule has 4 N–H and O–H groups in total. The second-order valence-corrected chi connectivity index (χ2v) is 7.55. The molecule has 0 bridgehead atoms. The molecule has 10 heteroatoms. The lowest BCUT2D eigenvalue weighted by atomic mass is 10.3. The monoisotopic (exact) mass is 422 g/mol. The van der Waals surface area contributed by atoms with Crippen LogP contribution in [0.3, 0.4) is 0 Å². The van der Waals surface area contributed by atoms with Gasteiger partial charge in [-0.15, -0.1) is 0 Å². The largest absolute Gasteiger partial charge is 0.295 e. The van der Waals surface area contributed by atoms with E-state index < -0.39 is 0 Å². The first-order valence-corrected chi connectivity index (χ1v) is 11.0. The van der Waals surface area contributed by atoms with E-state index in [1.54, 1.807) is 0 Å². The Morgan fingerprint density at radius 1 is 0.567 bits per heavy atom. The molecule has 172 valence electrons. The van der Waals surface area contributed by atoms with Gasteiger partial charge >= 0.3 is 0 Å². The van der Waals surface area contributed by atoms with Crippen molar-refractivity contribution in [3.8, 4) is 0 Å². The van der Waals surface area contributed by atoms with E-state index in [4.69, 9.17) is 0 Å². The second-order valence-electron chi connectivity index (χ2n) is 7.55. The normalized spacial score (nSPS) is 25.8. The summed E-state index contributed by atoms with van der Waals surface area (Å²) in [7, 11) is 0. The molecule has 0 aromatic rings. The maximum Gasteiger partial charge on any atom is 0.0862 e. The van der Waals surface area contributed by atoms with Crippen LogP contribution in [0.25, 0.3) is 0 Å². The van der Waals surface area contributed by atoms with Crippen LogP contribution in [-0.4, -0.2) is 72.4 Å². The lowest BCUT2D eigenvalue weighted by Crippen LogP contribution is -2.40. The van der Waals surface area contributed by atoms with Crippen LogP contribution in [0.1, 0.15) is 67.2 Å². The van der Waals surface area contributed by atoms with Crippen molar-refractivity contribution in [2.75, 3.05) is 39.8 Å². The number of rotatable bonds is 6. The fourth-order valence-electron chi connectivity index (χ4n) is 2.53. The molecular weight excluding hydrogens is 380 g/mol. The van der Waals surface area contributed by atoms with Gasteiger partial charge < -0.3 is 0 Å². The Hall–Kier alpha value is -2.20. The van der Waals surface area contributed by atoms with Gasteiger partial charge in [-0.2, -0.15) is 20.4 Å². The number of unbranched alkanes of at least 4 members (excludes halogenated alkanes) is 2. The molecule has 0 aromatic carbocycles. The summed E-state index contributed by atoms with van der Waals surface area (Å²) in [5, 5.41) is 17.9. The molecule has 0 unspecified atom stereocenters. The highest BCUT2D eigenvalue weighted by Gasteiger charge is 2.06. The maximum absolute atomic E-state index is 4.47. The van der Waals surface area contributed by atoms with Crippen LogP contribution in [0.4, 0.5) is 0 Å². The summed E-state index contributed by atoms with van der Waals surface area (Å²) in [4.78, 5) is 4.47. The quantitative estimate of drug-likeness (QED) is 0.521. The SMILES string of the molecule is CCCCN1CN/N=C(C)/C(C)=N/NCN(CCCC)CN/N=C(C)/C(C)=N/NC1. The number of hydrazone groups is 4. The Morgan fingerprint density at radius 2 is 0.833 bits per heavy atom. The lowest BCUT2D eigenvalue weighted by Gasteiger charge is -2.22. The first-order valence-electron chi connectivity index (χ1n) is 11.0. The van der Waals surface area contributed by atoms with Crippen LogP contribution in [0.5, 0.6) is 0 Å². The maximum atomic E-state index is 4.47. The fourth-order valence-corrected chi connectivity index (χ4v) is 2.53. The highest BCUT2D eigenvalue weighted by atomic mass is 15.5. The Morgan fingerprint density at radius 3 is 1.07 bits per heavy atom. The van der Waals surface area contributed by atoms with Crippen molar-refractivity contribution in [2.24, 2.45) is 20.4 Å². The van der Waals surface area contributed by atoms with Crippen molar-refractivity contribution in [2.45, 2.75) is 67.2 Å². The molecule has 0 radical (unpaired) electrons. The highest BCUT2D eigenvalue weighted by molar-refractivity contribution is 6.40. The molecule has 0 atom stereocenters. The zero-order valence-corrected chi connectivity index (χ0v) is 19.8. The fraction of sp³-hybridized carbons (Fsp3) is 0.800. The summed E-state index contributed by atoms with van der Waals surface area (Å²) >= 11 is 0. The van der Waals surface area contributed by atoms with E-state index in [0.717, 1.165) is 61.6 Å². The van der Waals surface area contributed by atoms with Gasteiger partial charge in [-0.25, -0.2) is 0 Å². The summed E-state index contributed by atoms with van der Waals surface area (Å²) < 4.78 is 0. The van der Waals surface area contributed by atoms with E-state index in [9.17, 15) is 0 Å². The van der Waals surface area contributed by atoms with Crippen LogP contribution in [0.2, 0.25) is 0 Å². The Balaban J connectivity index is 2.90. The van der Waals surface area contributed by atoms with Crippen LogP contribution < -0.4 is 21.7 Å². The number of hydrogen-bond acceptors (Lipinski definition) is 10. The summed E-state index contributed by atoms with van der Waals surface area (Å²) in [5.41, 5.74) is 16.1. The minimum absolute atomic E-state index is 0.638. The third-order valence-corrected chi connectivity index (χ3v) is 4.87. The van der Waals surface area contributed by atoms with Gasteiger partial charge in [0.1, 0.15) is 0 Å². The van der Waals surface area contributed by atoms with Gasteiger partial charge in [0.05, 0.1) is 49.5 Å². The van der Waals surface area contributed by atoms with Crippen LogP contribution >= 0.6 is 0 Å². The minimum Gasteiger partial charge on any atom is -0.295 e. The Bertz CT molecular complexity index is 500. The first-order chi connectivity index (χ1) is 14.5. The molecule has 0 aliphatic carbocycles. The summed E-state index contributed by atoms with van der Waals surface area (Å²) in [6.45, 7) is 16.7. The molecular formula is C20H42N10. The second kappa shape index (κ2) is 15.6. The standard InChI is InChI=1S/C20H42N10/c1-7-9-11-29-13-21-25-17(3)19(5)27-23-15-30(12-10-8-2)16-24-28-20(6)18(4)26-22-14-29/h21-24H,7-16H2,1-6H3/b25-17+,26-18+,27-19+,28-20+. The van der Waals surface area contributed by atoms with Gasteiger partial charge in [0, 0.05) is 13.1 Å². The molecule has 30 heavy (non-hydrogen) atoms. The van der Waals surface area contributed by atoms with Gasteiger partial charge in [0.25, 0.3) is 0 Å². The Labute approximate surface area is 182 Å². The van der Waals surface area contributed by atoms with E-state index in [-0.39, 0.29) is 0 Å². The van der Waals surface area contributed by atoms with Crippen molar-refractivity contribution < 1.29 is 0 Å². The van der Waals surface area contributed by atoms with E-state index in [1.807, 2.05) is 27.7 Å². The lowest BCUT2D eigenvalue weighted by molar-refractivity contribution is 0.233. The van der Waals surface area contributed by atoms with E-state index >= 15 is 0 Å². The van der Waals surface area contributed by atoms with Crippen molar-refractivity contribution in [1.29, 1.82) is 0 Å². The highest BCUT2D eigenvalue weighted by Crippen LogP contribution is 1.95. The van der Waals surface area contributed by atoms with Gasteiger partial charge in [0.2, 0.25) is 0 Å². The summed E-state index contributed by atoms with van der Waals surface area (Å²) in [6, 6.07) is 0.